The van der Waals surface area contributed by atoms with Gasteiger partial charge in [0.05, 0.1) is 22.3 Å². The number of carbonyl (C=O) groups is 1. The Morgan fingerprint density at radius 2 is 1.84 bits per heavy atom. The van der Waals surface area contributed by atoms with Gasteiger partial charge in [-0.2, -0.15) is 13.2 Å². The number of imidazole rings is 1. The number of benzene rings is 3. The van der Waals surface area contributed by atoms with E-state index in [0.717, 1.165) is 40.5 Å². The Morgan fingerprint density at radius 3 is 2.56 bits per heavy atom. The molecule has 9 heteroatoms. The lowest BCUT2D eigenvalue weighted by Crippen LogP contribution is -2.21. The molecule has 1 heterocycles. The second-order valence-corrected chi connectivity index (χ2v) is 8.68. The highest BCUT2D eigenvalue weighted by molar-refractivity contribution is 8.00. The topological polar surface area (TPSA) is 57.8 Å². The number of thioether (sulfide) groups is 1. The van der Waals surface area contributed by atoms with Gasteiger partial charge in [-0.3, -0.25) is 4.79 Å². The molecule has 2 N–H and O–H groups in total. The highest BCUT2D eigenvalue weighted by Crippen LogP contribution is 2.39. The van der Waals surface area contributed by atoms with Gasteiger partial charge in [0.25, 0.3) is 0 Å². The Hall–Kier alpha value is -2.97. The molecule has 0 unspecified atom stereocenters. The lowest BCUT2D eigenvalue weighted by atomic mass is 10.1. The van der Waals surface area contributed by atoms with Crippen LogP contribution in [0.2, 0.25) is 5.02 Å². The van der Waals surface area contributed by atoms with Crippen molar-refractivity contribution in [3.63, 3.8) is 0 Å². The fourth-order valence-electron chi connectivity index (χ4n) is 3.23. The summed E-state index contributed by atoms with van der Waals surface area (Å²) in [4.78, 5) is 20.9. The number of fused-ring (bicyclic) bond motifs is 1. The van der Waals surface area contributed by atoms with E-state index in [4.69, 9.17) is 11.6 Å². The van der Waals surface area contributed by atoms with Gasteiger partial charge < -0.3 is 10.3 Å². The minimum Gasteiger partial charge on any atom is -0.333 e. The van der Waals surface area contributed by atoms with E-state index in [1.165, 1.54) is 6.07 Å². The lowest BCUT2D eigenvalue weighted by Gasteiger charge is -2.18. The van der Waals surface area contributed by atoms with Crippen molar-refractivity contribution in [1.82, 2.24) is 9.97 Å². The van der Waals surface area contributed by atoms with Crippen LogP contribution in [0.25, 0.3) is 11.0 Å². The van der Waals surface area contributed by atoms with Crippen LogP contribution in [0.15, 0.2) is 71.9 Å². The number of rotatable bonds is 5. The summed E-state index contributed by atoms with van der Waals surface area (Å²) in [5, 5.41) is 2.01. The molecule has 32 heavy (non-hydrogen) atoms. The van der Waals surface area contributed by atoms with E-state index < -0.39 is 22.9 Å². The number of aryl methyl sites for hydroxylation is 1. The van der Waals surface area contributed by atoms with E-state index >= 15 is 0 Å². The number of amides is 1. The van der Waals surface area contributed by atoms with E-state index in [1.54, 1.807) is 30.3 Å². The van der Waals surface area contributed by atoms with Crippen LogP contribution in [0.1, 0.15) is 21.9 Å². The summed E-state index contributed by atoms with van der Waals surface area (Å²) in [6, 6.07) is 17.8. The van der Waals surface area contributed by atoms with Gasteiger partial charge in [0.1, 0.15) is 5.25 Å². The summed E-state index contributed by atoms with van der Waals surface area (Å²) in [6.45, 7) is 1.96. The minimum atomic E-state index is -4.67. The SMILES string of the molecule is Cc1ccc2nc(S[C@H](C(=O)Nc3ccc(Cl)cc3C(F)(F)F)c3ccccc3)[nH]c2c1. The molecule has 0 saturated carbocycles. The third-order valence-electron chi connectivity index (χ3n) is 4.73. The van der Waals surface area contributed by atoms with Crippen molar-refractivity contribution < 1.29 is 18.0 Å². The monoisotopic (exact) mass is 475 g/mol. The number of hydrogen-bond donors (Lipinski definition) is 2. The zero-order valence-electron chi connectivity index (χ0n) is 16.7. The Morgan fingerprint density at radius 1 is 1.09 bits per heavy atom. The van der Waals surface area contributed by atoms with Crippen LogP contribution in [0, 0.1) is 6.92 Å². The first-order valence-electron chi connectivity index (χ1n) is 9.56. The molecule has 4 rings (SSSR count). The smallest absolute Gasteiger partial charge is 0.333 e. The Balaban J connectivity index is 1.67. The lowest BCUT2D eigenvalue weighted by molar-refractivity contribution is -0.137. The fourth-order valence-corrected chi connectivity index (χ4v) is 4.40. The molecule has 0 bridgehead atoms. The van der Waals surface area contributed by atoms with Gasteiger partial charge in [-0.25, -0.2) is 4.98 Å². The van der Waals surface area contributed by atoms with Gasteiger partial charge in [-0.1, -0.05) is 59.8 Å². The second kappa shape index (κ2) is 8.88. The van der Waals surface area contributed by atoms with E-state index in [0.29, 0.717) is 10.7 Å². The molecule has 0 saturated heterocycles. The van der Waals surface area contributed by atoms with Gasteiger partial charge in [-0.05, 0) is 48.4 Å². The largest absolute Gasteiger partial charge is 0.418 e. The van der Waals surface area contributed by atoms with Gasteiger partial charge in [-0.15, -0.1) is 0 Å². The van der Waals surface area contributed by atoms with Crippen molar-refractivity contribution in [2.24, 2.45) is 0 Å². The zero-order valence-corrected chi connectivity index (χ0v) is 18.3. The fraction of sp³-hybridized carbons (Fsp3) is 0.130. The number of carbonyl (C=O) groups excluding carboxylic acids is 1. The van der Waals surface area contributed by atoms with E-state index in [-0.39, 0.29) is 10.7 Å². The molecule has 0 radical (unpaired) electrons. The van der Waals surface area contributed by atoms with E-state index in [9.17, 15) is 18.0 Å². The van der Waals surface area contributed by atoms with Crippen LogP contribution in [0.4, 0.5) is 18.9 Å². The van der Waals surface area contributed by atoms with Crippen molar-refractivity contribution in [2.75, 3.05) is 5.32 Å². The molecular formula is C23H17ClF3N3OS. The van der Waals surface area contributed by atoms with Crippen LogP contribution in [0.5, 0.6) is 0 Å². The van der Waals surface area contributed by atoms with Crippen LogP contribution >= 0.6 is 23.4 Å². The Kier molecular flexibility index (Phi) is 6.17. The van der Waals surface area contributed by atoms with E-state index in [2.05, 4.69) is 15.3 Å². The van der Waals surface area contributed by atoms with E-state index in [1.807, 2.05) is 25.1 Å². The summed E-state index contributed by atoms with van der Waals surface area (Å²) < 4.78 is 40.4. The summed E-state index contributed by atoms with van der Waals surface area (Å²) in [5.41, 5.74) is 1.88. The quantitative estimate of drug-likeness (QED) is 0.305. The summed E-state index contributed by atoms with van der Waals surface area (Å²) in [5.74, 6) is -0.606. The first kappa shape index (κ1) is 22.2. The Bertz CT molecular complexity index is 1270. The van der Waals surface area contributed by atoms with Crippen molar-refractivity contribution in [1.29, 1.82) is 0 Å². The highest BCUT2D eigenvalue weighted by Gasteiger charge is 2.35. The predicted molar refractivity (Wildman–Crippen MR) is 121 cm³/mol. The maximum Gasteiger partial charge on any atom is 0.418 e. The number of aromatic amines is 1. The molecule has 0 spiro atoms. The number of anilines is 1. The molecule has 1 amide bonds. The zero-order chi connectivity index (χ0) is 22.9. The molecule has 0 aliphatic heterocycles. The maximum atomic E-state index is 13.5. The second-order valence-electron chi connectivity index (χ2n) is 7.15. The normalized spacial score (nSPS) is 12.7. The van der Waals surface area contributed by atoms with Crippen LogP contribution in [-0.4, -0.2) is 15.9 Å². The number of nitrogens with zero attached hydrogens (tertiary/aromatic N) is 1. The molecule has 4 nitrogen and oxygen atoms in total. The molecule has 164 valence electrons. The van der Waals surface area contributed by atoms with Crippen LogP contribution in [0.3, 0.4) is 0 Å². The summed E-state index contributed by atoms with van der Waals surface area (Å²) in [6.07, 6.45) is -4.67. The standard InChI is InChI=1S/C23H17ClF3N3OS/c1-13-7-9-18-19(11-13)30-22(29-18)32-20(14-5-3-2-4-6-14)21(31)28-17-10-8-15(24)12-16(17)23(25,26)27/h2-12,20H,1H3,(H,28,31)(H,29,30)/t20-/m0/s1. The third kappa shape index (κ3) is 4.92. The van der Waals surface area contributed by atoms with Gasteiger partial charge in [0, 0.05) is 5.02 Å². The summed E-state index contributed by atoms with van der Waals surface area (Å²) >= 11 is 6.88. The van der Waals surface area contributed by atoms with Crippen molar-refractivity contribution in [2.45, 2.75) is 23.5 Å². The summed E-state index contributed by atoms with van der Waals surface area (Å²) in [7, 11) is 0. The Labute approximate surface area is 191 Å². The average molecular weight is 476 g/mol. The number of hydrogen-bond acceptors (Lipinski definition) is 3. The number of alkyl halides is 3. The molecule has 3 aromatic carbocycles. The molecule has 1 atom stereocenters. The number of aromatic nitrogens is 2. The molecule has 0 aliphatic carbocycles. The highest BCUT2D eigenvalue weighted by atomic mass is 35.5. The minimum absolute atomic E-state index is 0.0677. The molecule has 0 aliphatic rings. The van der Waals surface area contributed by atoms with Crippen molar-refractivity contribution >= 4 is 46.0 Å². The maximum absolute atomic E-state index is 13.5. The van der Waals surface area contributed by atoms with Crippen LogP contribution < -0.4 is 5.32 Å². The molecule has 1 aromatic heterocycles. The van der Waals surface area contributed by atoms with Gasteiger partial charge in [0.15, 0.2) is 5.16 Å². The van der Waals surface area contributed by atoms with Crippen LogP contribution in [-0.2, 0) is 11.0 Å². The number of H-pyrrole nitrogens is 1. The van der Waals surface area contributed by atoms with Crippen molar-refractivity contribution in [3.8, 4) is 0 Å². The molecule has 0 fully saturated rings. The molecule has 4 aromatic rings. The third-order valence-corrected chi connectivity index (χ3v) is 6.10. The number of halogens is 4. The van der Waals surface area contributed by atoms with Gasteiger partial charge >= 0.3 is 6.18 Å². The number of nitrogens with one attached hydrogen (secondary N) is 2. The van der Waals surface area contributed by atoms with Gasteiger partial charge in [0.2, 0.25) is 5.91 Å². The average Bonchev–Trinajstić information content (AvgIpc) is 3.14. The van der Waals surface area contributed by atoms with Crippen molar-refractivity contribution in [3.05, 3.63) is 88.4 Å². The predicted octanol–water partition coefficient (Wildman–Crippen LogP) is 7.02. The first-order valence-corrected chi connectivity index (χ1v) is 10.8. The first-order chi connectivity index (χ1) is 15.2. The molecular weight excluding hydrogens is 459 g/mol.